The first-order chi connectivity index (χ1) is 9.49. The second-order valence-electron chi connectivity index (χ2n) is 4.43. The maximum Gasteiger partial charge on any atom is 0.339 e. The molecule has 0 amide bonds. The Morgan fingerprint density at radius 1 is 1.30 bits per heavy atom. The monoisotopic (exact) mass is 293 g/mol. The first kappa shape index (κ1) is 14.3. The molecule has 0 radical (unpaired) electrons. The minimum absolute atomic E-state index is 0.0491. The Balaban J connectivity index is 2.32. The fourth-order valence-electron chi connectivity index (χ4n) is 2.04. The number of rotatable bonds is 4. The van der Waals surface area contributed by atoms with E-state index in [-0.39, 0.29) is 16.4 Å². The van der Waals surface area contributed by atoms with Crippen molar-refractivity contribution in [1.29, 1.82) is 0 Å². The average molecular weight is 294 g/mol. The van der Waals surface area contributed by atoms with Gasteiger partial charge in [0.05, 0.1) is 10.7 Å². The standard InChI is InChI=1S/C15H13ClFNO2/c1-18(9-10-4-2-5-11(17)8-10)13-7-3-6-12(16)14(13)15(19)20/h2-8H,9H2,1H3,(H,19,20). The molecular weight excluding hydrogens is 281 g/mol. The number of aromatic carboxylic acids is 1. The third kappa shape index (κ3) is 3.08. The number of anilines is 1. The molecule has 104 valence electrons. The lowest BCUT2D eigenvalue weighted by molar-refractivity contribution is 0.0697. The second kappa shape index (κ2) is 5.92. The van der Waals surface area contributed by atoms with Gasteiger partial charge in [-0.05, 0) is 29.8 Å². The Morgan fingerprint density at radius 3 is 2.65 bits per heavy atom. The van der Waals surface area contributed by atoms with Crippen molar-refractivity contribution in [2.75, 3.05) is 11.9 Å². The lowest BCUT2D eigenvalue weighted by Gasteiger charge is -2.22. The number of benzene rings is 2. The molecule has 0 fully saturated rings. The average Bonchev–Trinajstić information content (AvgIpc) is 2.37. The molecule has 5 heteroatoms. The molecule has 20 heavy (non-hydrogen) atoms. The quantitative estimate of drug-likeness (QED) is 0.932. The van der Waals surface area contributed by atoms with Crippen molar-refractivity contribution in [3.8, 4) is 0 Å². The third-order valence-corrected chi connectivity index (χ3v) is 3.24. The fourth-order valence-corrected chi connectivity index (χ4v) is 2.29. The molecule has 0 aliphatic rings. The van der Waals surface area contributed by atoms with Crippen molar-refractivity contribution in [3.63, 3.8) is 0 Å². The summed E-state index contributed by atoms with van der Waals surface area (Å²) in [7, 11) is 1.74. The highest BCUT2D eigenvalue weighted by Gasteiger charge is 2.17. The van der Waals surface area contributed by atoms with Crippen LogP contribution in [0, 0.1) is 5.82 Å². The number of carboxylic acids is 1. The smallest absolute Gasteiger partial charge is 0.339 e. The van der Waals surface area contributed by atoms with Crippen LogP contribution in [0.5, 0.6) is 0 Å². The van der Waals surface area contributed by atoms with Gasteiger partial charge in [0, 0.05) is 13.6 Å². The predicted octanol–water partition coefficient (Wildman–Crippen LogP) is 3.81. The summed E-state index contributed by atoms with van der Waals surface area (Å²) in [4.78, 5) is 13.0. The maximum atomic E-state index is 13.2. The summed E-state index contributed by atoms with van der Waals surface area (Å²) in [5.74, 6) is -1.41. The molecule has 0 atom stereocenters. The summed E-state index contributed by atoms with van der Waals surface area (Å²) in [5.41, 5.74) is 1.30. The molecule has 2 aromatic carbocycles. The lowest BCUT2D eigenvalue weighted by atomic mass is 10.1. The Labute approximate surface area is 121 Å². The molecule has 3 nitrogen and oxygen atoms in total. The number of hydrogen-bond acceptors (Lipinski definition) is 2. The highest BCUT2D eigenvalue weighted by Crippen LogP contribution is 2.27. The van der Waals surface area contributed by atoms with Crippen molar-refractivity contribution in [3.05, 3.63) is 64.4 Å². The van der Waals surface area contributed by atoms with Crippen molar-refractivity contribution < 1.29 is 14.3 Å². The number of carbonyl (C=O) groups is 1. The Morgan fingerprint density at radius 2 is 2.00 bits per heavy atom. The van der Waals surface area contributed by atoms with E-state index < -0.39 is 5.97 Å². The van der Waals surface area contributed by atoms with Gasteiger partial charge in [-0.2, -0.15) is 0 Å². The normalized spacial score (nSPS) is 10.3. The van der Waals surface area contributed by atoms with Gasteiger partial charge in [-0.15, -0.1) is 0 Å². The van der Waals surface area contributed by atoms with Crippen LogP contribution in [-0.2, 0) is 6.54 Å². The molecule has 0 aliphatic carbocycles. The van der Waals surface area contributed by atoms with Gasteiger partial charge in [-0.25, -0.2) is 9.18 Å². The van der Waals surface area contributed by atoms with Crippen LogP contribution in [0.1, 0.15) is 15.9 Å². The van der Waals surface area contributed by atoms with E-state index in [1.807, 2.05) is 0 Å². The first-order valence-corrected chi connectivity index (χ1v) is 6.34. The molecule has 0 spiro atoms. The van der Waals surface area contributed by atoms with Crippen molar-refractivity contribution in [2.24, 2.45) is 0 Å². The molecule has 2 aromatic rings. The lowest BCUT2D eigenvalue weighted by Crippen LogP contribution is -2.19. The summed E-state index contributed by atoms with van der Waals surface area (Å²) in [6, 6.07) is 11.1. The van der Waals surface area contributed by atoms with Gasteiger partial charge in [0.25, 0.3) is 0 Å². The zero-order valence-electron chi connectivity index (χ0n) is 10.8. The summed E-state index contributed by atoms with van der Waals surface area (Å²) in [6.45, 7) is 0.387. The van der Waals surface area contributed by atoms with Gasteiger partial charge >= 0.3 is 5.97 Å². The summed E-state index contributed by atoms with van der Waals surface area (Å²) in [6.07, 6.45) is 0. The fraction of sp³-hybridized carbons (Fsp3) is 0.133. The Bertz CT molecular complexity index is 646. The molecule has 0 aromatic heterocycles. The largest absolute Gasteiger partial charge is 0.478 e. The highest BCUT2D eigenvalue weighted by atomic mass is 35.5. The molecule has 1 N–H and O–H groups in total. The highest BCUT2D eigenvalue weighted by molar-refractivity contribution is 6.34. The van der Waals surface area contributed by atoms with E-state index in [0.717, 1.165) is 5.56 Å². The molecule has 0 saturated carbocycles. The molecule has 0 aliphatic heterocycles. The minimum Gasteiger partial charge on any atom is -0.478 e. The summed E-state index contributed by atoms with van der Waals surface area (Å²) < 4.78 is 13.2. The molecule has 0 unspecified atom stereocenters. The molecular formula is C15H13ClFNO2. The predicted molar refractivity (Wildman–Crippen MR) is 76.9 cm³/mol. The molecule has 0 saturated heterocycles. The zero-order valence-corrected chi connectivity index (χ0v) is 11.6. The van der Waals surface area contributed by atoms with E-state index >= 15 is 0 Å². The van der Waals surface area contributed by atoms with Gasteiger partial charge in [0.2, 0.25) is 0 Å². The maximum absolute atomic E-state index is 13.2. The van der Waals surface area contributed by atoms with Gasteiger partial charge in [0.15, 0.2) is 0 Å². The van der Waals surface area contributed by atoms with Gasteiger partial charge < -0.3 is 10.0 Å². The van der Waals surface area contributed by atoms with Crippen LogP contribution in [0.4, 0.5) is 10.1 Å². The minimum atomic E-state index is -1.09. The van der Waals surface area contributed by atoms with Gasteiger partial charge in [-0.1, -0.05) is 29.8 Å². The van der Waals surface area contributed by atoms with E-state index in [1.165, 1.54) is 18.2 Å². The summed E-state index contributed by atoms with van der Waals surface area (Å²) >= 11 is 5.93. The molecule has 0 heterocycles. The van der Waals surface area contributed by atoms with Crippen molar-refractivity contribution >= 4 is 23.3 Å². The number of carboxylic acid groups (broad SMARTS) is 1. The van der Waals surface area contributed by atoms with Gasteiger partial charge in [-0.3, -0.25) is 0 Å². The van der Waals surface area contributed by atoms with Crippen LogP contribution in [0.3, 0.4) is 0 Å². The van der Waals surface area contributed by atoms with Crippen LogP contribution in [0.2, 0.25) is 5.02 Å². The topological polar surface area (TPSA) is 40.5 Å². The second-order valence-corrected chi connectivity index (χ2v) is 4.83. The van der Waals surface area contributed by atoms with E-state index in [9.17, 15) is 14.3 Å². The van der Waals surface area contributed by atoms with Crippen LogP contribution in [-0.4, -0.2) is 18.1 Å². The first-order valence-electron chi connectivity index (χ1n) is 5.96. The third-order valence-electron chi connectivity index (χ3n) is 2.93. The van der Waals surface area contributed by atoms with Crippen LogP contribution >= 0.6 is 11.6 Å². The van der Waals surface area contributed by atoms with E-state index in [2.05, 4.69) is 0 Å². The summed E-state index contributed by atoms with van der Waals surface area (Å²) in [5, 5.41) is 9.42. The van der Waals surface area contributed by atoms with Crippen LogP contribution in [0.15, 0.2) is 42.5 Å². The zero-order chi connectivity index (χ0) is 14.7. The SMILES string of the molecule is CN(Cc1cccc(F)c1)c1cccc(Cl)c1C(=O)O. The van der Waals surface area contributed by atoms with Gasteiger partial charge in [0.1, 0.15) is 11.4 Å². The number of halogens is 2. The number of hydrogen-bond donors (Lipinski definition) is 1. The Hall–Kier alpha value is -2.07. The van der Waals surface area contributed by atoms with Crippen LogP contribution < -0.4 is 4.90 Å². The number of nitrogens with zero attached hydrogens (tertiary/aromatic N) is 1. The molecule has 2 rings (SSSR count). The van der Waals surface area contributed by atoms with E-state index in [1.54, 1.807) is 36.2 Å². The van der Waals surface area contributed by atoms with E-state index in [0.29, 0.717) is 12.2 Å². The van der Waals surface area contributed by atoms with Crippen LogP contribution in [0.25, 0.3) is 0 Å². The Kier molecular flexibility index (Phi) is 4.25. The van der Waals surface area contributed by atoms with Crippen molar-refractivity contribution in [1.82, 2.24) is 0 Å². The molecule has 0 bridgehead atoms. The van der Waals surface area contributed by atoms with Crippen molar-refractivity contribution in [2.45, 2.75) is 6.54 Å². The van der Waals surface area contributed by atoms with E-state index in [4.69, 9.17) is 11.6 Å².